The SMILES string of the molecule is CCNC(=O)[C@H](C)NC(=O)CNS(=O)(=O)c1ccccc1Br. The highest BCUT2D eigenvalue weighted by molar-refractivity contribution is 9.10. The molecule has 3 N–H and O–H groups in total. The van der Waals surface area contributed by atoms with E-state index in [4.69, 9.17) is 0 Å². The highest BCUT2D eigenvalue weighted by Crippen LogP contribution is 2.20. The predicted molar refractivity (Wildman–Crippen MR) is 85.6 cm³/mol. The van der Waals surface area contributed by atoms with Gasteiger partial charge in [0.2, 0.25) is 21.8 Å². The molecule has 0 heterocycles. The number of hydrogen-bond acceptors (Lipinski definition) is 4. The van der Waals surface area contributed by atoms with E-state index < -0.39 is 28.5 Å². The van der Waals surface area contributed by atoms with Crippen molar-refractivity contribution in [3.05, 3.63) is 28.7 Å². The maximum Gasteiger partial charge on any atom is 0.242 e. The molecule has 9 heteroatoms. The Hall–Kier alpha value is -1.45. The third-order valence-corrected chi connectivity index (χ3v) is 5.08. The van der Waals surface area contributed by atoms with Crippen LogP contribution in [0.25, 0.3) is 0 Å². The zero-order valence-electron chi connectivity index (χ0n) is 12.2. The van der Waals surface area contributed by atoms with Crippen LogP contribution in [0.2, 0.25) is 0 Å². The van der Waals surface area contributed by atoms with Crippen LogP contribution in [0.15, 0.2) is 33.6 Å². The summed E-state index contributed by atoms with van der Waals surface area (Å²) in [5.74, 6) is -0.918. The highest BCUT2D eigenvalue weighted by Gasteiger charge is 2.20. The Balaban J connectivity index is 2.60. The molecule has 122 valence electrons. The number of carbonyl (C=O) groups excluding carboxylic acids is 2. The summed E-state index contributed by atoms with van der Waals surface area (Å²) in [7, 11) is -3.81. The van der Waals surface area contributed by atoms with Crippen LogP contribution in [0.1, 0.15) is 13.8 Å². The third kappa shape index (κ3) is 5.39. The van der Waals surface area contributed by atoms with E-state index in [-0.39, 0.29) is 10.8 Å². The smallest absolute Gasteiger partial charge is 0.242 e. The van der Waals surface area contributed by atoms with Gasteiger partial charge in [-0.05, 0) is 41.9 Å². The van der Waals surface area contributed by atoms with Gasteiger partial charge >= 0.3 is 0 Å². The number of rotatable bonds is 7. The summed E-state index contributed by atoms with van der Waals surface area (Å²) >= 11 is 3.14. The number of sulfonamides is 1. The van der Waals surface area contributed by atoms with Gasteiger partial charge in [0.15, 0.2) is 0 Å². The lowest BCUT2D eigenvalue weighted by Gasteiger charge is -2.14. The minimum atomic E-state index is -3.81. The fourth-order valence-corrected chi connectivity index (χ4v) is 3.57. The summed E-state index contributed by atoms with van der Waals surface area (Å²) < 4.78 is 26.8. The Labute approximate surface area is 138 Å². The lowest BCUT2D eigenvalue weighted by atomic mass is 10.3. The molecule has 0 unspecified atom stereocenters. The minimum Gasteiger partial charge on any atom is -0.355 e. The van der Waals surface area contributed by atoms with Crippen molar-refractivity contribution in [2.45, 2.75) is 24.8 Å². The van der Waals surface area contributed by atoms with Crippen molar-refractivity contribution in [3.63, 3.8) is 0 Å². The standard InChI is InChI=1S/C13H18BrN3O4S/c1-3-15-13(19)9(2)17-12(18)8-16-22(20,21)11-7-5-4-6-10(11)14/h4-7,9,16H,3,8H2,1-2H3,(H,15,19)(H,17,18)/t9-/m0/s1. The molecule has 0 saturated carbocycles. The van der Waals surface area contributed by atoms with Crippen molar-refractivity contribution in [1.29, 1.82) is 0 Å². The summed E-state index contributed by atoms with van der Waals surface area (Å²) in [6.45, 7) is 3.28. The van der Waals surface area contributed by atoms with E-state index in [1.165, 1.54) is 13.0 Å². The van der Waals surface area contributed by atoms with Crippen LogP contribution in [0.4, 0.5) is 0 Å². The van der Waals surface area contributed by atoms with Crippen molar-refractivity contribution in [2.75, 3.05) is 13.1 Å². The van der Waals surface area contributed by atoms with E-state index in [1.807, 2.05) is 0 Å². The molecule has 0 aromatic heterocycles. The van der Waals surface area contributed by atoms with E-state index in [0.717, 1.165) is 0 Å². The summed E-state index contributed by atoms with van der Waals surface area (Å²) in [5.41, 5.74) is 0. The molecule has 0 radical (unpaired) electrons. The Kier molecular flexibility index (Phi) is 6.98. The summed E-state index contributed by atoms with van der Waals surface area (Å²) in [5, 5.41) is 4.97. The molecule has 1 rings (SSSR count). The van der Waals surface area contributed by atoms with Crippen molar-refractivity contribution < 1.29 is 18.0 Å². The van der Waals surface area contributed by atoms with E-state index in [2.05, 4.69) is 31.3 Å². The second kappa shape index (κ2) is 8.25. The molecule has 0 aliphatic rings. The van der Waals surface area contributed by atoms with Crippen LogP contribution in [-0.2, 0) is 19.6 Å². The molecular formula is C13H18BrN3O4S. The molecule has 1 atom stereocenters. The average Bonchev–Trinajstić information content (AvgIpc) is 2.45. The normalized spacial score (nSPS) is 12.5. The van der Waals surface area contributed by atoms with Crippen molar-refractivity contribution in [3.8, 4) is 0 Å². The van der Waals surface area contributed by atoms with Crippen LogP contribution in [0, 0.1) is 0 Å². The Morgan fingerprint density at radius 1 is 1.27 bits per heavy atom. The van der Waals surface area contributed by atoms with Gasteiger partial charge in [-0.15, -0.1) is 0 Å². The van der Waals surface area contributed by atoms with Crippen molar-refractivity contribution >= 4 is 37.8 Å². The Bertz CT molecular complexity index is 648. The molecule has 7 nitrogen and oxygen atoms in total. The molecule has 0 fully saturated rings. The number of hydrogen-bond donors (Lipinski definition) is 3. The first-order valence-electron chi connectivity index (χ1n) is 6.59. The topological polar surface area (TPSA) is 104 Å². The third-order valence-electron chi connectivity index (χ3n) is 2.67. The molecule has 0 aliphatic heterocycles. The zero-order chi connectivity index (χ0) is 16.8. The first kappa shape index (κ1) is 18.6. The number of halogens is 1. The first-order chi connectivity index (χ1) is 10.3. The fourth-order valence-electron chi connectivity index (χ4n) is 1.59. The number of carbonyl (C=O) groups is 2. The van der Waals surface area contributed by atoms with Gasteiger partial charge in [0.05, 0.1) is 11.4 Å². The van der Waals surface area contributed by atoms with Gasteiger partial charge in [-0.2, -0.15) is 0 Å². The van der Waals surface area contributed by atoms with Crippen LogP contribution in [0.3, 0.4) is 0 Å². The molecule has 0 saturated heterocycles. The monoisotopic (exact) mass is 391 g/mol. The number of nitrogens with one attached hydrogen (secondary N) is 3. The molecular weight excluding hydrogens is 374 g/mol. The van der Waals surface area contributed by atoms with Gasteiger partial charge in [0, 0.05) is 11.0 Å². The Morgan fingerprint density at radius 2 is 1.91 bits per heavy atom. The van der Waals surface area contributed by atoms with Crippen LogP contribution >= 0.6 is 15.9 Å². The average molecular weight is 392 g/mol. The van der Waals surface area contributed by atoms with Gasteiger partial charge in [-0.3, -0.25) is 9.59 Å². The van der Waals surface area contributed by atoms with Gasteiger partial charge in [-0.25, -0.2) is 13.1 Å². The first-order valence-corrected chi connectivity index (χ1v) is 8.86. The summed E-state index contributed by atoms with van der Waals surface area (Å²) in [4.78, 5) is 23.2. The van der Waals surface area contributed by atoms with Gasteiger partial charge < -0.3 is 10.6 Å². The maximum atomic E-state index is 12.1. The van der Waals surface area contributed by atoms with Crippen LogP contribution < -0.4 is 15.4 Å². The fraction of sp³-hybridized carbons (Fsp3) is 0.385. The quantitative estimate of drug-likeness (QED) is 0.624. The molecule has 0 spiro atoms. The zero-order valence-corrected chi connectivity index (χ0v) is 14.6. The second-order valence-electron chi connectivity index (χ2n) is 4.44. The molecule has 0 bridgehead atoms. The van der Waals surface area contributed by atoms with Crippen LogP contribution in [-0.4, -0.2) is 39.4 Å². The van der Waals surface area contributed by atoms with Crippen LogP contribution in [0.5, 0.6) is 0 Å². The van der Waals surface area contributed by atoms with Gasteiger partial charge in [0.1, 0.15) is 6.04 Å². The van der Waals surface area contributed by atoms with E-state index >= 15 is 0 Å². The Morgan fingerprint density at radius 3 is 2.50 bits per heavy atom. The summed E-state index contributed by atoms with van der Waals surface area (Å²) in [6.07, 6.45) is 0. The van der Waals surface area contributed by atoms with Crippen molar-refractivity contribution in [2.24, 2.45) is 0 Å². The number of amides is 2. The van der Waals surface area contributed by atoms with Crippen molar-refractivity contribution in [1.82, 2.24) is 15.4 Å². The van der Waals surface area contributed by atoms with E-state index in [1.54, 1.807) is 25.1 Å². The lowest BCUT2D eigenvalue weighted by molar-refractivity contribution is -0.127. The minimum absolute atomic E-state index is 0.0413. The number of benzene rings is 1. The maximum absolute atomic E-state index is 12.1. The van der Waals surface area contributed by atoms with Gasteiger partial charge in [-0.1, -0.05) is 12.1 Å². The van der Waals surface area contributed by atoms with E-state index in [0.29, 0.717) is 11.0 Å². The lowest BCUT2D eigenvalue weighted by Crippen LogP contribution is -2.47. The molecule has 1 aromatic rings. The predicted octanol–water partition coefficient (Wildman–Crippen LogP) is 0.368. The second-order valence-corrected chi connectivity index (χ2v) is 7.03. The molecule has 1 aromatic carbocycles. The summed E-state index contributed by atoms with van der Waals surface area (Å²) in [6, 6.07) is 5.54. The molecule has 22 heavy (non-hydrogen) atoms. The largest absolute Gasteiger partial charge is 0.355 e. The van der Waals surface area contributed by atoms with E-state index in [9.17, 15) is 18.0 Å². The van der Waals surface area contributed by atoms with Gasteiger partial charge in [0.25, 0.3) is 0 Å². The molecule has 0 aliphatic carbocycles. The number of likely N-dealkylation sites (N-methyl/N-ethyl adjacent to an activating group) is 1. The molecule has 2 amide bonds. The highest BCUT2D eigenvalue weighted by atomic mass is 79.9.